The van der Waals surface area contributed by atoms with Gasteiger partial charge in [-0.15, -0.1) is 0 Å². The van der Waals surface area contributed by atoms with Crippen molar-refractivity contribution in [3.8, 4) is 0 Å². The molecule has 0 aliphatic carbocycles. The number of nitrogens with zero attached hydrogens (tertiary/aromatic N) is 2. The number of nitro benzene ring substituents is 1. The average Bonchev–Trinajstić information content (AvgIpc) is 2.38. The number of hydrogen-bond donors (Lipinski definition) is 1. The standard InChI is InChI=1S/C12H17N3O4S/c1-9-7-11(15(16)17)3-4-12(9)20(18,19)14-6-5-13-10(2)8-14/h3-4,7,10,13H,5-6,8H2,1-2H3/t10-/m0/s1. The van der Waals surface area contributed by atoms with Crippen molar-refractivity contribution in [1.82, 2.24) is 9.62 Å². The molecule has 1 aromatic rings. The van der Waals surface area contributed by atoms with Crippen LogP contribution in [-0.2, 0) is 10.0 Å². The summed E-state index contributed by atoms with van der Waals surface area (Å²) < 4.78 is 26.5. The van der Waals surface area contributed by atoms with E-state index in [0.29, 0.717) is 25.2 Å². The average molecular weight is 299 g/mol. The summed E-state index contributed by atoms with van der Waals surface area (Å²) in [7, 11) is -3.60. The van der Waals surface area contributed by atoms with E-state index >= 15 is 0 Å². The van der Waals surface area contributed by atoms with Gasteiger partial charge in [0.2, 0.25) is 10.0 Å². The van der Waals surface area contributed by atoms with Gasteiger partial charge >= 0.3 is 0 Å². The predicted molar refractivity (Wildman–Crippen MR) is 74.1 cm³/mol. The van der Waals surface area contributed by atoms with Gasteiger partial charge in [0.1, 0.15) is 0 Å². The third-order valence-corrected chi connectivity index (χ3v) is 5.34. The zero-order valence-electron chi connectivity index (χ0n) is 11.4. The Hall–Kier alpha value is -1.51. The van der Waals surface area contributed by atoms with Crippen LogP contribution in [0.25, 0.3) is 0 Å². The Balaban J connectivity index is 2.36. The number of piperazine rings is 1. The molecule has 0 bridgehead atoms. The molecule has 0 amide bonds. The molecule has 110 valence electrons. The number of nitro groups is 1. The third-order valence-electron chi connectivity index (χ3n) is 3.32. The summed E-state index contributed by atoms with van der Waals surface area (Å²) >= 11 is 0. The lowest BCUT2D eigenvalue weighted by Crippen LogP contribution is -2.51. The number of aryl methyl sites for hydroxylation is 1. The highest BCUT2D eigenvalue weighted by Crippen LogP contribution is 2.24. The van der Waals surface area contributed by atoms with Crippen LogP contribution < -0.4 is 5.32 Å². The molecule has 1 aliphatic heterocycles. The highest BCUT2D eigenvalue weighted by atomic mass is 32.2. The molecule has 1 heterocycles. The molecule has 1 atom stereocenters. The third kappa shape index (κ3) is 2.82. The van der Waals surface area contributed by atoms with E-state index in [1.54, 1.807) is 6.92 Å². The van der Waals surface area contributed by atoms with Crippen molar-refractivity contribution in [1.29, 1.82) is 0 Å². The maximum absolute atomic E-state index is 12.6. The van der Waals surface area contributed by atoms with E-state index < -0.39 is 14.9 Å². The van der Waals surface area contributed by atoms with E-state index in [4.69, 9.17) is 0 Å². The van der Waals surface area contributed by atoms with Crippen LogP contribution >= 0.6 is 0 Å². The van der Waals surface area contributed by atoms with Crippen LogP contribution in [0.2, 0.25) is 0 Å². The maximum atomic E-state index is 12.6. The lowest BCUT2D eigenvalue weighted by atomic mass is 10.2. The molecule has 1 aromatic carbocycles. The molecule has 0 aromatic heterocycles. The van der Waals surface area contributed by atoms with E-state index in [2.05, 4.69) is 5.32 Å². The summed E-state index contributed by atoms with van der Waals surface area (Å²) in [6.45, 7) is 4.91. The monoisotopic (exact) mass is 299 g/mol. The molecular weight excluding hydrogens is 282 g/mol. The first-order valence-corrected chi connectivity index (χ1v) is 7.75. The smallest absolute Gasteiger partial charge is 0.269 e. The van der Waals surface area contributed by atoms with Crippen molar-refractivity contribution in [3.05, 3.63) is 33.9 Å². The molecule has 0 saturated carbocycles. The minimum absolute atomic E-state index is 0.0943. The zero-order chi connectivity index (χ0) is 14.9. The van der Waals surface area contributed by atoms with Crippen molar-refractivity contribution in [3.63, 3.8) is 0 Å². The van der Waals surface area contributed by atoms with E-state index in [0.717, 1.165) is 0 Å². The molecule has 1 aliphatic rings. The summed E-state index contributed by atoms with van der Waals surface area (Å²) in [4.78, 5) is 10.3. The quantitative estimate of drug-likeness (QED) is 0.661. The lowest BCUT2D eigenvalue weighted by Gasteiger charge is -2.31. The molecule has 7 nitrogen and oxygen atoms in total. The van der Waals surface area contributed by atoms with Gasteiger partial charge in [-0.2, -0.15) is 4.31 Å². The van der Waals surface area contributed by atoms with Gasteiger partial charge in [-0.25, -0.2) is 8.42 Å². The molecule has 1 fully saturated rings. The van der Waals surface area contributed by atoms with Gasteiger partial charge in [0, 0.05) is 37.8 Å². The summed E-state index contributed by atoms with van der Waals surface area (Å²) in [5, 5.41) is 13.9. The van der Waals surface area contributed by atoms with Crippen LogP contribution in [0, 0.1) is 17.0 Å². The minimum atomic E-state index is -3.60. The first-order chi connectivity index (χ1) is 9.32. The normalized spacial score (nSPS) is 20.8. The van der Waals surface area contributed by atoms with Gasteiger partial charge in [-0.3, -0.25) is 10.1 Å². The van der Waals surface area contributed by atoms with Gasteiger partial charge in [0.05, 0.1) is 9.82 Å². The molecular formula is C12H17N3O4S. The lowest BCUT2D eigenvalue weighted by molar-refractivity contribution is -0.385. The molecule has 0 spiro atoms. The Kier molecular flexibility index (Phi) is 4.07. The van der Waals surface area contributed by atoms with Gasteiger partial charge in [-0.05, 0) is 25.5 Å². The fourth-order valence-corrected chi connectivity index (χ4v) is 4.03. The predicted octanol–water partition coefficient (Wildman–Crippen LogP) is 0.886. The second kappa shape index (κ2) is 5.47. The van der Waals surface area contributed by atoms with Crippen molar-refractivity contribution >= 4 is 15.7 Å². The summed E-state index contributed by atoms with van der Waals surface area (Å²) in [5.74, 6) is 0. The number of non-ortho nitro benzene ring substituents is 1. The summed E-state index contributed by atoms with van der Waals surface area (Å²) in [5.41, 5.74) is 0.292. The van der Waals surface area contributed by atoms with Gasteiger partial charge in [-0.1, -0.05) is 0 Å². The topological polar surface area (TPSA) is 92.5 Å². The van der Waals surface area contributed by atoms with E-state index in [9.17, 15) is 18.5 Å². The first-order valence-electron chi connectivity index (χ1n) is 6.31. The van der Waals surface area contributed by atoms with Crippen molar-refractivity contribution in [2.75, 3.05) is 19.6 Å². The highest BCUT2D eigenvalue weighted by Gasteiger charge is 2.30. The van der Waals surface area contributed by atoms with Crippen LogP contribution in [0.5, 0.6) is 0 Å². The SMILES string of the molecule is Cc1cc([N+](=O)[O-])ccc1S(=O)(=O)N1CCN[C@@H](C)C1. The van der Waals surface area contributed by atoms with Crippen LogP contribution in [0.1, 0.15) is 12.5 Å². The molecule has 1 saturated heterocycles. The number of benzene rings is 1. The van der Waals surface area contributed by atoms with Crippen molar-refractivity contribution in [2.24, 2.45) is 0 Å². The second-order valence-corrected chi connectivity index (χ2v) is 6.83. The summed E-state index contributed by atoms with van der Waals surface area (Å²) in [6.07, 6.45) is 0. The van der Waals surface area contributed by atoms with Crippen LogP contribution in [0.15, 0.2) is 23.1 Å². The molecule has 8 heteroatoms. The van der Waals surface area contributed by atoms with Crippen LogP contribution in [0.3, 0.4) is 0 Å². The molecule has 0 radical (unpaired) electrons. The Bertz CT molecular complexity index is 630. The summed E-state index contributed by atoms with van der Waals surface area (Å²) in [6, 6.07) is 3.93. The van der Waals surface area contributed by atoms with Crippen molar-refractivity contribution in [2.45, 2.75) is 24.8 Å². The van der Waals surface area contributed by atoms with E-state index in [1.807, 2.05) is 6.92 Å². The van der Waals surface area contributed by atoms with Crippen LogP contribution in [-0.4, -0.2) is 43.3 Å². The fourth-order valence-electron chi connectivity index (χ4n) is 2.29. The van der Waals surface area contributed by atoms with Crippen molar-refractivity contribution < 1.29 is 13.3 Å². The Morgan fingerprint density at radius 1 is 1.45 bits per heavy atom. The zero-order valence-corrected chi connectivity index (χ0v) is 12.2. The van der Waals surface area contributed by atoms with Gasteiger partial charge in [0.15, 0.2) is 0 Å². The molecule has 20 heavy (non-hydrogen) atoms. The first kappa shape index (κ1) is 14.9. The largest absolute Gasteiger partial charge is 0.312 e. The Labute approximate surface area is 117 Å². The number of sulfonamides is 1. The highest BCUT2D eigenvalue weighted by molar-refractivity contribution is 7.89. The Morgan fingerprint density at radius 3 is 2.70 bits per heavy atom. The second-order valence-electron chi connectivity index (χ2n) is 4.93. The van der Waals surface area contributed by atoms with Gasteiger partial charge in [0.25, 0.3) is 5.69 Å². The molecule has 1 N–H and O–H groups in total. The van der Waals surface area contributed by atoms with E-state index in [-0.39, 0.29) is 16.6 Å². The molecule has 0 unspecified atom stereocenters. The molecule has 2 rings (SSSR count). The number of rotatable bonds is 3. The maximum Gasteiger partial charge on any atom is 0.269 e. The van der Waals surface area contributed by atoms with Crippen LogP contribution in [0.4, 0.5) is 5.69 Å². The van der Waals surface area contributed by atoms with Gasteiger partial charge < -0.3 is 5.32 Å². The minimum Gasteiger partial charge on any atom is -0.312 e. The van der Waals surface area contributed by atoms with E-state index in [1.165, 1.54) is 22.5 Å². The Morgan fingerprint density at radius 2 is 2.15 bits per heavy atom. The fraction of sp³-hybridized carbons (Fsp3) is 0.500. The number of hydrogen-bond acceptors (Lipinski definition) is 5. The number of nitrogens with one attached hydrogen (secondary N) is 1.